The molecule has 0 saturated carbocycles. The van der Waals surface area contributed by atoms with E-state index >= 15 is 0 Å². The maximum Gasteiger partial charge on any atom is 0.412 e. The highest BCUT2D eigenvalue weighted by molar-refractivity contribution is 7.78. The lowest BCUT2D eigenvalue weighted by molar-refractivity contribution is -0.163. The normalized spacial score (nSPS) is 25.9. The van der Waals surface area contributed by atoms with Crippen LogP contribution < -0.4 is 0 Å². The predicted octanol–water partition coefficient (Wildman–Crippen LogP) is 7.45. The fourth-order valence-corrected chi connectivity index (χ4v) is 10.8. The van der Waals surface area contributed by atoms with Gasteiger partial charge in [0.1, 0.15) is 0 Å². The molecule has 2 unspecified atom stereocenters. The van der Waals surface area contributed by atoms with Gasteiger partial charge in [0.05, 0.1) is 0 Å². The minimum Gasteiger partial charge on any atom is -0.310 e. The lowest BCUT2D eigenvalue weighted by Crippen LogP contribution is -2.21. The summed E-state index contributed by atoms with van der Waals surface area (Å²) in [7, 11) is -14.5. The monoisotopic (exact) mass is 593 g/mol. The zero-order valence-electron chi connectivity index (χ0n) is 16.5. The SMILES string of the molecule is COP1(OCC(F)(F)F)=NP(OC)(OCC(F)(F)F)=NP(OCC(F)(F)F)(OCC(F)(F)F)=N1. The molecule has 0 aromatic carbocycles. The smallest absolute Gasteiger partial charge is 0.310 e. The van der Waals surface area contributed by atoms with Gasteiger partial charge in [-0.15, -0.1) is 13.5 Å². The third-order valence-electron chi connectivity index (χ3n) is 2.74. The van der Waals surface area contributed by atoms with Crippen LogP contribution in [-0.4, -0.2) is 65.4 Å². The summed E-state index contributed by atoms with van der Waals surface area (Å²) in [5, 5.41) is 0. The van der Waals surface area contributed by atoms with Gasteiger partial charge in [0.2, 0.25) is 0 Å². The van der Waals surface area contributed by atoms with Gasteiger partial charge in [0.15, 0.2) is 26.4 Å². The van der Waals surface area contributed by atoms with E-state index in [9.17, 15) is 52.7 Å². The second-order valence-corrected chi connectivity index (χ2v) is 12.5. The zero-order valence-corrected chi connectivity index (χ0v) is 19.2. The first-order valence-corrected chi connectivity index (χ1v) is 12.5. The molecule has 0 aliphatic carbocycles. The molecular weight excluding hydrogens is 579 g/mol. The van der Waals surface area contributed by atoms with E-state index < -0.39 is 74.1 Å². The Morgan fingerprint density at radius 2 is 0.647 bits per heavy atom. The topological polar surface area (TPSA) is 92.5 Å². The number of nitrogens with zero attached hydrogens (tertiary/aromatic N) is 3. The van der Waals surface area contributed by atoms with Crippen LogP contribution in [-0.2, 0) is 27.1 Å². The average molecular weight is 593 g/mol. The van der Waals surface area contributed by atoms with Gasteiger partial charge < -0.3 is 9.05 Å². The van der Waals surface area contributed by atoms with Gasteiger partial charge in [-0.2, -0.15) is 52.7 Å². The molecule has 0 spiro atoms. The van der Waals surface area contributed by atoms with Gasteiger partial charge in [-0.1, -0.05) is 0 Å². The highest BCUT2D eigenvalue weighted by Gasteiger charge is 2.48. The van der Waals surface area contributed by atoms with E-state index in [-0.39, 0.29) is 0 Å². The van der Waals surface area contributed by atoms with E-state index in [0.717, 1.165) is 0 Å². The minimum atomic E-state index is -5.44. The van der Waals surface area contributed by atoms with Crippen molar-refractivity contribution in [1.82, 2.24) is 0 Å². The molecule has 0 amide bonds. The first kappa shape index (κ1) is 31.6. The lowest BCUT2D eigenvalue weighted by Gasteiger charge is -2.32. The molecule has 9 nitrogen and oxygen atoms in total. The molecule has 0 aromatic rings. The minimum absolute atomic E-state index is 0.513. The molecule has 24 heteroatoms. The van der Waals surface area contributed by atoms with Crippen molar-refractivity contribution in [1.29, 1.82) is 0 Å². The summed E-state index contributed by atoms with van der Waals surface area (Å²) in [6.45, 7) is -9.44. The maximum absolute atomic E-state index is 12.7. The Morgan fingerprint density at radius 1 is 0.441 bits per heavy atom. The van der Waals surface area contributed by atoms with Crippen molar-refractivity contribution in [2.24, 2.45) is 13.5 Å². The first-order chi connectivity index (χ1) is 15.1. The Bertz CT molecular complexity index is 820. The van der Waals surface area contributed by atoms with Crippen LogP contribution in [0, 0.1) is 0 Å². The molecule has 1 rings (SSSR count). The second kappa shape index (κ2) is 10.9. The van der Waals surface area contributed by atoms with Crippen LogP contribution in [0.4, 0.5) is 52.7 Å². The van der Waals surface area contributed by atoms with E-state index in [1.807, 2.05) is 0 Å². The lowest BCUT2D eigenvalue weighted by atomic mass is 10.7. The average Bonchev–Trinajstić information content (AvgIpc) is 2.66. The van der Waals surface area contributed by atoms with Crippen LogP contribution in [0.5, 0.6) is 0 Å². The number of halogens is 12. The molecule has 1 heterocycles. The van der Waals surface area contributed by atoms with Gasteiger partial charge in [-0.05, 0) is 0 Å². The van der Waals surface area contributed by atoms with E-state index in [2.05, 4.69) is 40.7 Å². The van der Waals surface area contributed by atoms with Crippen LogP contribution >= 0.6 is 23.0 Å². The summed E-state index contributed by atoms with van der Waals surface area (Å²) >= 11 is 0. The largest absolute Gasteiger partial charge is 0.412 e. The fraction of sp³-hybridized carbons (Fsp3) is 1.00. The van der Waals surface area contributed by atoms with Crippen LogP contribution in [0.3, 0.4) is 0 Å². The molecule has 1 aliphatic heterocycles. The quantitative estimate of drug-likeness (QED) is 0.193. The molecule has 2 atom stereocenters. The van der Waals surface area contributed by atoms with E-state index in [0.29, 0.717) is 14.2 Å². The van der Waals surface area contributed by atoms with Gasteiger partial charge in [-0.25, -0.2) is 0 Å². The Hall–Kier alpha value is -0.390. The maximum atomic E-state index is 12.7. The number of rotatable bonds is 10. The number of hydrogen-bond donors (Lipinski definition) is 0. The third-order valence-corrected chi connectivity index (χ3v) is 11.0. The molecule has 0 saturated heterocycles. The highest BCUT2D eigenvalue weighted by Crippen LogP contribution is 2.80. The first-order valence-electron chi connectivity index (χ1n) is 7.95. The standard InChI is InChI=1S/C10H14F12N3O6P3/c1-26-32(28-3-7(11,12)13)23-33(27-2,29-4-8(14,15)16)25-34(24-32,30-5-9(17,18)19)31-6-10(20,21)22/h3-6H2,1-2H3. The molecule has 0 N–H and O–H groups in total. The molecule has 1 aliphatic rings. The Balaban J connectivity index is 3.82. The molecule has 34 heavy (non-hydrogen) atoms. The summed E-state index contributed by atoms with van der Waals surface area (Å²) in [4.78, 5) is 0. The van der Waals surface area contributed by atoms with Gasteiger partial charge in [0, 0.05) is 14.2 Å². The summed E-state index contributed by atoms with van der Waals surface area (Å²) in [5.74, 6) is 0. The van der Waals surface area contributed by atoms with Crippen LogP contribution in [0.2, 0.25) is 0 Å². The van der Waals surface area contributed by atoms with Crippen LogP contribution in [0.25, 0.3) is 0 Å². The molecule has 204 valence electrons. The van der Waals surface area contributed by atoms with Crippen molar-refractivity contribution in [2.45, 2.75) is 24.7 Å². The van der Waals surface area contributed by atoms with Crippen molar-refractivity contribution in [3.05, 3.63) is 0 Å². The van der Waals surface area contributed by atoms with Gasteiger partial charge in [-0.3, -0.25) is 18.1 Å². The predicted molar refractivity (Wildman–Crippen MR) is 90.1 cm³/mol. The van der Waals surface area contributed by atoms with Crippen molar-refractivity contribution >= 4 is 23.0 Å². The van der Waals surface area contributed by atoms with E-state index in [4.69, 9.17) is 0 Å². The number of hydrogen-bond acceptors (Lipinski definition) is 9. The third kappa shape index (κ3) is 11.1. The van der Waals surface area contributed by atoms with Gasteiger partial charge in [0.25, 0.3) is 0 Å². The van der Waals surface area contributed by atoms with Crippen molar-refractivity contribution in [3.8, 4) is 0 Å². The van der Waals surface area contributed by atoms with Gasteiger partial charge >= 0.3 is 47.7 Å². The van der Waals surface area contributed by atoms with Crippen molar-refractivity contribution in [2.75, 3.05) is 40.6 Å². The summed E-state index contributed by atoms with van der Waals surface area (Å²) in [5.41, 5.74) is 0. The zero-order chi connectivity index (χ0) is 26.7. The van der Waals surface area contributed by atoms with Crippen molar-refractivity contribution in [3.63, 3.8) is 0 Å². The molecule has 0 fully saturated rings. The van der Waals surface area contributed by atoms with Crippen LogP contribution in [0.15, 0.2) is 13.5 Å². The Morgan fingerprint density at radius 3 is 0.882 bits per heavy atom. The molecule has 0 radical (unpaired) electrons. The fourth-order valence-electron chi connectivity index (χ4n) is 1.61. The number of alkyl halides is 12. The molecule has 0 aromatic heterocycles. The van der Waals surface area contributed by atoms with E-state index in [1.54, 1.807) is 0 Å². The van der Waals surface area contributed by atoms with E-state index in [1.165, 1.54) is 0 Å². The highest BCUT2D eigenvalue weighted by atomic mass is 31.3. The van der Waals surface area contributed by atoms with Crippen molar-refractivity contribution < 1.29 is 79.8 Å². The summed E-state index contributed by atoms with van der Waals surface area (Å²) in [6, 6.07) is 0. The van der Waals surface area contributed by atoms with Crippen LogP contribution in [0.1, 0.15) is 0 Å². The Kier molecular flexibility index (Phi) is 10.2. The molecular formula is C10H14F12N3O6P3. The second-order valence-electron chi connectivity index (χ2n) is 5.66. The summed E-state index contributed by atoms with van der Waals surface area (Å²) in [6.07, 6.45) is -20.9. The molecule has 0 bridgehead atoms. The Labute approximate surface area is 182 Å². The summed E-state index contributed by atoms with van der Waals surface area (Å²) < 4.78 is 188.